The van der Waals surface area contributed by atoms with E-state index in [9.17, 15) is 14.4 Å². The molecule has 0 aliphatic carbocycles. The van der Waals surface area contributed by atoms with Crippen LogP contribution in [0.3, 0.4) is 0 Å². The minimum absolute atomic E-state index is 0.164. The van der Waals surface area contributed by atoms with Crippen LogP contribution < -0.4 is 10.6 Å². The third kappa shape index (κ3) is 4.67. The summed E-state index contributed by atoms with van der Waals surface area (Å²) in [4.78, 5) is 35.7. The normalized spacial score (nSPS) is 10.1. The van der Waals surface area contributed by atoms with Crippen LogP contribution in [-0.2, 0) is 4.79 Å². The molecule has 5 nitrogen and oxygen atoms in total. The Balaban J connectivity index is 2.14. The molecule has 0 saturated heterocycles. The fourth-order valence-electron chi connectivity index (χ4n) is 2.15. The Morgan fingerprint density at radius 2 is 1.46 bits per heavy atom. The maximum Gasteiger partial charge on any atom is 0.252 e. The molecule has 2 aromatic carbocycles. The van der Waals surface area contributed by atoms with Gasteiger partial charge < -0.3 is 10.6 Å². The average molecular weight is 345 g/mol. The van der Waals surface area contributed by atoms with Gasteiger partial charge in [-0.25, -0.2) is 0 Å². The molecule has 0 saturated carbocycles. The van der Waals surface area contributed by atoms with Gasteiger partial charge in [-0.15, -0.1) is 0 Å². The van der Waals surface area contributed by atoms with Gasteiger partial charge in [0, 0.05) is 36.2 Å². The molecule has 2 amide bonds. The lowest BCUT2D eigenvalue weighted by Gasteiger charge is -2.10. The van der Waals surface area contributed by atoms with Crippen LogP contribution in [0.25, 0.3) is 0 Å². The van der Waals surface area contributed by atoms with E-state index in [4.69, 9.17) is 11.6 Å². The first-order valence-electron chi connectivity index (χ1n) is 7.41. The molecule has 0 aliphatic heterocycles. The fourth-order valence-corrected chi connectivity index (χ4v) is 2.27. The van der Waals surface area contributed by atoms with Crippen molar-refractivity contribution in [1.82, 2.24) is 10.6 Å². The van der Waals surface area contributed by atoms with E-state index in [0.717, 1.165) is 0 Å². The van der Waals surface area contributed by atoms with Gasteiger partial charge in [-0.3, -0.25) is 14.4 Å². The molecular weight excluding hydrogens is 328 g/mol. The molecule has 0 radical (unpaired) electrons. The van der Waals surface area contributed by atoms with Gasteiger partial charge in [0.15, 0.2) is 5.78 Å². The second kappa shape index (κ2) is 8.26. The molecule has 124 valence electrons. The van der Waals surface area contributed by atoms with Crippen LogP contribution in [0.4, 0.5) is 0 Å². The van der Waals surface area contributed by atoms with E-state index >= 15 is 0 Å². The van der Waals surface area contributed by atoms with Gasteiger partial charge in [-0.2, -0.15) is 0 Å². The number of rotatable bonds is 6. The molecule has 0 spiro atoms. The molecule has 0 heterocycles. The van der Waals surface area contributed by atoms with E-state index < -0.39 is 0 Å². The highest BCUT2D eigenvalue weighted by Crippen LogP contribution is 2.17. The molecule has 0 aliphatic rings. The van der Waals surface area contributed by atoms with E-state index in [-0.39, 0.29) is 24.1 Å². The van der Waals surface area contributed by atoms with Gasteiger partial charge in [0.05, 0.1) is 5.56 Å². The summed E-state index contributed by atoms with van der Waals surface area (Å²) in [5, 5.41) is 5.81. The highest BCUT2D eigenvalue weighted by molar-refractivity contribution is 6.30. The van der Waals surface area contributed by atoms with E-state index in [0.29, 0.717) is 28.3 Å². The van der Waals surface area contributed by atoms with Crippen molar-refractivity contribution in [2.45, 2.75) is 6.92 Å². The van der Waals surface area contributed by atoms with Crippen LogP contribution in [-0.4, -0.2) is 30.7 Å². The van der Waals surface area contributed by atoms with Crippen molar-refractivity contribution < 1.29 is 14.4 Å². The van der Waals surface area contributed by atoms with Crippen molar-refractivity contribution in [2.24, 2.45) is 0 Å². The Morgan fingerprint density at radius 3 is 2.08 bits per heavy atom. The Hall–Kier alpha value is -2.66. The number of hydrogen-bond acceptors (Lipinski definition) is 3. The number of amides is 2. The van der Waals surface area contributed by atoms with Gasteiger partial charge >= 0.3 is 0 Å². The van der Waals surface area contributed by atoms with Crippen LogP contribution >= 0.6 is 11.6 Å². The summed E-state index contributed by atoms with van der Waals surface area (Å²) in [5.41, 5.74) is 1.06. The second-order valence-corrected chi connectivity index (χ2v) is 5.56. The summed E-state index contributed by atoms with van der Waals surface area (Å²) in [6.07, 6.45) is 0. The molecule has 0 atom stereocenters. The highest BCUT2D eigenvalue weighted by Gasteiger charge is 2.17. The zero-order valence-electron chi connectivity index (χ0n) is 13.1. The largest absolute Gasteiger partial charge is 0.355 e. The molecule has 0 bridgehead atoms. The fraction of sp³-hybridized carbons (Fsp3) is 0.167. The number of carbonyl (C=O) groups excluding carboxylic acids is 3. The zero-order chi connectivity index (χ0) is 17.5. The first-order chi connectivity index (χ1) is 11.5. The van der Waals surface area contributed by atoms with Gasteiger partial charge in [0.2, 0.25) is 5.91 Å². The third-order valence-corrected chi connectivity index (χ3v) is 3.56. The first kappa shape index (κ1) is 17.7. The van der Waals surface area contributed by atoms with E-state index in [1.165, 1.54) is 6.92 Å². The second-order valence-electron chi connectivity index (χ2n) is 5.12. The summed E-state index contributed by atoms with van der Waals surface area (Å²) in [7, 11) is 0. The minimum Gasteiger partial charge on any atom is -0.355 e. The van der Waals surface area contributed by atoms with Gasteiger partial charge in [-0.1, -0.05) is 29.8 Å². The van der Waals surface area contributed by atoms with Crippen LogP contribution in [0.1, 0.15) is 33.2 Å². The Labute approximate surface area is 145 Å². The maximum atomic E-state index is 12.6. The molecule has 0 fully saturated rings. The van der Waals surface area contributed by atoms with Crippen molar-refractivity contribution in [3.63, 3.8) is 0 Å². The van der Waals surface area contributed by atoms with Crippen molar-refractivity contribution in [3.05, 3.63) is 70.2 Å². The van der Waals surface area contributed by atoms with Gasteiger partial charge in [0.1, 0.15) is 0 Å². The topological polar surface area (TPSA) is 75.3 Å². The lowest BCUT2D eigenvalue weighted by Crippen LogP contribution is -2.34. The molecule has 0 unspecified atom stereocenters. The molecule has 2 N–H and O–H groups in total. The highest BCUT2D eigenvalue weighted by atomic mass is 35.5. The minimum atomic E-state index is -0.363. The van der Waals surface area contributed by atoms with E-state index in [1.54, 1.807) is 48.5 Å². The predicted molar refractivity (Wildman–Crippen MR) is 92.3 cm³/mol. The van der Waals surface area contributed by atoms with Crippen molar-refractivity contribution >= 4 is 29.2 Å². The van der Waals surface area contributed by atoms with E-state index in [2.05, 4.69) is 10.6 Å². The average Bonchev–Trinajstić information content (AvgIpc) is 2.58. The third-order valence-electron chi connectivity index (χ3n) is 3.31. The van der Waals surface area contributed by atoms with Crippen molar-refractivity contribution in [3.8, 4) is 0 Å². The number of ketones is 1. The first-order valence-corrected chi connectivity index (χ1v) is 7.79. The Bertz CT molecular complexity index is 757. The summed E-state index contributed by atoms with van der Waals surface area (Å²) >= 11 is 5.83. The molecule has 0 aromatic heterocycles. The maximum absolute atomic E-state index is 12.6. The standard InChI is InChI=1S/C18H17ClN2O3/c1-12(22)20-10-11-21-18(24)16-5-3-2-4-15(16)17(23)13-6-8-14(19)9-7-13/h2-9H,10-11H2,1H3,(H,20,22)(H,21,24). The Morgan fingerprint density at radius 1 is 0.875 bits per heavy atom. The zero-order valence-corrected chi connectivity index (χ0v) is 13.9. The number of benzene rings is 2. The van der Waals surface area contributed by atoms with Crippen molar-refractivity contribution in [1.29, 1.82) is 0 Å². The van der Waals surface area contributed by atoms with Gasteiger partial charge in [-0.05, 0) is 30.3 Å². The summed E-state index contributed by atoms with van der Waals surface area (Å²) < 4.78 is 0. The van der Waals surface area contributed by atoms with Crippen molar-refractivity contribution in [2.75, 3.05) is 13.1 Å². The Kier molecular flexibility index (Phi) is 6.09. The SMILES string of the molecule is CC(=O)NCCNC(=O)c1ccccc1C(=O)c1ccc(Cl)cc1. The monoisotopic (exact) mass is 344 g/mol. The van der Waals surface area contributed by atoms with Crippen LogP contribution in [0.5, 0.6) is 0 Å². The number of carbonyl (C=O) groups is 3. The summed E-state index contributed by atoms with van der Waals surface area (Å²) in [6.45, 7) is 2.01. The molecule has 2 rings (SSSR count). The number of hydrogen-bond donors (Lipinski definition) is 2. The quantitative estimate of drug-likeness (QED) is 0.624. The predicted octanol–water partition coefficient (Wildman–Crippen LogP) is 2.44. The van der Waals surface area contributed by atoms with Gasteiger partial charge in [0.25, 0.3) is 5.91 Å². The summed E-state index contributed by atoms with van der Waals surface area (Å²) in [5.74, 6) is -0.778. The molecular formula is C18H17ClN2O3. The number of halogens is 1. The lowest BCUT2D eigenvalue weighted by atomic mass is 9.98. The lowest BCUT2D eigenvalue weighted by molar-refractivity contribution is -0.118. The van der Waals surface area contributed by atoms with Crippen LogP contribution in [0.15, 0.2) is 48.5 Å². The molecule has 24 heavy (non-hydrogen) atoms. The number of nitrogens with one attached hydrogen (secondary N) is 2. The van der Waals surface area contributed by atoms with E-state index in [1.807, 2.05) is 0 Å². The summed E-state index contributed by atoms with van der Waals surface area (Å²) in [6, 6.07) is 13.1. The molecule has 2 aromatic rings. The van der Waals surface area contributed by atoms with Crippen LogP contribution in [0, 0.1) is 0 Å². The molecule has 6 heteroatoms. The smallest absolute Gasteiger partial charge is 0.252 e. The van der Waals surface area contributed by atoms with Crippen LogP contribution in [0.2, 0.25) is 5.02 Å².